The quantitative estimate of drug-likeness (QED) is 0.805. The van der Waals surface area contributed by atoms with Crippen LogP contribution in [0.3, 0.4) is 0 Å². The first-order valence-electron chi connectivity index (χ1n) is 8.46. The fraction of sp³-hybridized carbons (Fsp3) is 0.300. The monoisotopic (exact) mass is 324 g/mol. The molecule has 0 spiro atoms. The first-order valence-corrected chi connectivity index (χ1v) is 8.46. The van der Waals surface area contributed by atoms with Gasteiger partial charge in [0.15, 0.2) is 0 Å². The van der Waals surface area contributed by atoms with Crippen molar-refractivity contribution >= 4 is 5.69 Å². The van der Waals surface area contributed by atoms with Gasteiger partial charge in [-0.05, 0) is 49.1 Å². The van der Waals surface area contributed by atoms with Crippen molar-refractivity contribution < 1.29 is 9.13 Å². The normalized spacial score (nSPS) is 17.2. The zero-order valence-electron chi connectivity index (χ0n) is 13.6. The Morgan fingerprint density at radius 3 is 2.62 bits per heavy atom. The summed E-state index contributed by atoms with van der Waals surface area (Å²) in [6.07, 6.45) is 8.28. The van der Waals surface area contributed by atoms with Gasteiger partial charge in [-0.25, -0.2) is 4.39 Å². The molecule has 24 heavy (non-hydrogen) atoms. The van der Waals surface area contributed by atoms with Crippen molar-refractivity contribution in [1.29, 1.82) is 0 Å². The lowest BCUT2D eigenvalue weighted by atomic mass is 9.92. The summed E-state index contributed by atoms with van der Waals surface area (Å²) in [4.78, 5) is 4.65. The molecule has 0 radical (unpaired) electrons. The van der Waals surface area contributed by atoms with Crippen LogP contribution in [-0.4, -0.2) is 17.6 Å². The van der Waals surface area contributed by atoms with Gasteiger partial charge >= 0.3 is 0 Å². The van der Waals surface area contributed by atoms with E-state index in [1.165, 1.54) is 31.4 Å². The summed E-state index contributed by atoms with van der Waals surface area (Å²) >= 11 is 0. The van der Waals surface area contributed by atoms with E-state index in [1.807, 2.05) is 12.1 Å². The molecule has 0 N–H and O–H groups in total. The van der Waals surface area contributed by atoms with E-state index in [0.717, 1.165) is 23.7 Å². The molecule has 0 saturated heterocycles. The minimum Gasteiger partial charge on any atom is -0.489 e. The molecule has 0 aromatic heterocycles. The smallest absolute Gasteiger partial charge is 0.123 e. The Labute approximate surface area is 142 Å². The van der Waals surface area contributed by atoms with Crippen molar-refractivity contribution in [2.45, 2.75) is 31.9 Å². The number of rotatable bonds is 5. The second-order valence-corrected chi connectivity index (χ2v) is 6.42. The summed E-state index contributed by atoms with van der Waals surface area (Å²) < 4.78 is 18.8. The lowest BCUT2D eigenvalue weighted by molar-refractivity contribution is 0.197. The number of nitrogens with zero attached hydrogens (tertiary/aromatic N) is 2. The van der Waals surface area contributed by atoms with Crippen LogP contribution in [0.1, 0.15) is 24.8 Å². The molecule has 0 amide bonds. The molecule has 0 atom stereocenters. The molecule has 1 heterocycles. The molecular weight excluding hydrogens is 303 g/mol. The van der Waals surface area contributed by atoms with Gasteiger partial charge in [0.2, 0.25) is 0 Å². The predicted octanol–water partition coefficient (Wildman–Crippen LogP) is 4.51. The molecule has 3 nitrogen and oxygen atoms in total. The predicted molar refractivity (Wildman–Crippen MR) is 93.1 cm³/mol. The van der Waals surface area contributed by atoms with Crippen LogP contribution < -0.4 is 9.64 Å². The van der Waals surface area contributed by atoms with Crippen LogP contribution >= 0.6 is 0 Å². The van der Waals surface area contributed by atoms with Crippen molar-refractivity contribution in [2.24, 2.45) is 0 Å². The highest BCUT2D eigenvalue weighted by Gasteiger charge is 2.26. The molecule has 1 aliphatic heterocycles. The zero-order valence-corrected chi connectivity index (χ0v) is 13.6. The Balaban J connectivity index is 1.38. The minimum absolute atomic E-state index is 0.224. The van der Waals surface area contributed by atoms with E-state index in [9.17, 15) is 4.39 Å². The maximum atomic E-state index is 12.9. The van der Waals surface area contributed by atoms with Crippen LogP contribution in [0.25, 0.3) is 0 Å². The lowest BCUT2D eigenvalue weighted by Gasteiger charge is -2.35. The highest BCUT2D eigenvalue weighted by atomic mass is 19.1. The molecule has 0 bridgehead atoms. The Morgan fingerprint density at radius 2 is 1.88 bits per heavy atom. The van der Waals surface area contributed by atoms with Gasteiger partial charge in [-0.2, -0.15) is 0 Å². The topological polar surface area (TPSA) is 15.7 Å². The van der Waals surface area contributed by atoms with E-state index in [2.05, 4.69) is 34.3 Å². The number of halogens is 1. The largest absolute Gasteiger partial charge is 0.489 e. The molecule has 124 valence electrons. The van der Waals surface area contributed by atoms with E-state index in [-0.39, 0.29) is 5.82 Å². The maximum absolute atomic E-state index is 12.9. The second kappa shape index (κ2) is 6.56. The molecule has 2 aromatic rings. The van der Waals surface area contributed by atoms with Crippen LogP contribution in [0.2, 0.25) is 0 Å². The van der Waals surface area contributed by atoms with Gasteiger partial charge in [0.05, 0.1) is 6.67 Å². The van der Waals surface area contributed by atoms with Gasteiger partial charge in [0.25, 0.3) is 0 Å². The standard InChI is InChI=1S/C20H21FN2O/c21-17-9-7-16(8-10-17)14-24-20-6-2-5-19(13-20)23-12-11-22(15-23)18-3-1-4-18/h2,5-13,18H,1,3-4,14-15H2. The fourth-order valence-corrected chi connectivity index (χ4v) is 3.06. The fourth-order valence-electron chi connectivity index (χ4n) is 3.06. The number of anilines is 1. The van der Waals surface area contributed by atoms with Gasteiger partial charge in [0, 0.05) is 30.2 Å². The van der Waals surface area contributed by atoms with Crippen LogP contribution in [0.5, 0.6) is 5.75 Å². The van der Waals surface area contributed by atoms with Gasteiger partial charge in [-0.15, -0.1) is 0 Å². The zero-order chi connectivity index (χ0) is 16.4. The molecule has 4 rings (SSSR count). The van der Waals surface area contributed by atoms with Crippen molar-refractivity contribution in [3.8, 4) is 5.75 Å². The third kappa shape index (κ3) is 3.23. The molecule has 2 aromatic carbocycles. The summed E-state index contributed by atoms with van der Waals surface area (Å²) in [7, 11) is 0. The summed E-state index contributed by atoms with van der Waals surface area (Å²) in [5, 5.41) is 0. The van der Waals surface area contributed by atoms with Crippen LogP contribution in [0.15, 0.2) is 60.9 Å². The average Bonchev–Trinajstić information content (AvgIpc) is 3.02. The molecule has 1 saturated carbocycles. The van der Waals surface area contributed by atoms with E-state index in [1.54, 1.807) is 12.1 Å². The third-order valence-corrected chi connectivity index (χ3v) is 4.77. The summed E-state index contributed by atoms with van der Waals surface area (Å²) in [5.41, 5.74) is 2.09. The first-order chi connectivity index (χ1) is 11.8. The van der Waals surface area contributed by atoms with Crippen molar-refractivity contribution in [3.05, 3.63) is 72.3 Å². The molecule has 1 aliphatic carbocycles. The Hall–Kier alpha value is -2.49. The van der Waals surface area contributed by atoms with Crippen LogP contribution in [-0.2, 0) is 6.61 Å². The molecule has 2 aliphatic rings. The number of hydrogen-bond acceptors (Lipinski definition) is 3. The van der Waals surface area contributed by atoms with Crippen LogP contribution in [0, 0.1) is 5.82 Å². The molecule has 4 heteroatoms. The van der Waals surface area contributed by atoms with Crippen molar-refractivity contribution in [1.82, 2.24) is 4.90 Å². The highest BCUT2D eigenvalue weighted by Crippen LogP contribution is 2.30. The van der Waals surface area contributed by atoms with E-state index < -0.39 is 0 Å². The maximum Gasteiger partial charge on any atom is 0.123 e. The molecule has 0 unspecified atom stereocenters. The lowest BCUT2D eigenvalue weighted by Crippen LogP contribution is -2.38. The minimum atomic E-state index is -0.224. The number of ether oxygens (including phenoxy) is 1. The first kappa shape index (κ1) is 15.1. The van der Waals surface area contributed by atoms with Crippen LogP contribution in [0.4, 0.5) is 10.1 Å². The molecule has 1 fully saturated rings. The number of hydrogen-bond donors (Lipinski definition) is 0. The van der Waals surface area contributed by atoms with E-state index in [4.69, 9.17) is 4.74 Å². The Morgan fingerprint density at radius 1 is 1.04 bits per heavy atom. The molecular formula is C20H21FN2O. The van der Waals surface area contributed by atoms with Crippen molar-refractivity contribution in [2.75, 3.05) is 11.6 Å². The van der Waals surface area contributed by atoms with E-state index >= 15 is 0 Å². The second-order valence-electron chi connectivity index (χ2n) is 6.42. The summed E-state index contributed by atoms with van der Waals surface area (Å²) in [5.74, 6) is 0.602. The highest BCUT2D eigenvalue weighted by molar-refractivity contribution is 5.53. The van der Waals surface area contributed by atoms with Gasteiger partial charge in [-0.1, -0.05) is 18.2 Å². The summed E-state index contributed by atoms with van der Waals surface area (Å²) in [6, 6.07) is 15.2. The van der Waals surface area contributed by atoms with Gasteiger partial charge in [-0.3, -0.25) is 0 Å². The van der Waals surface area contributed by atoms with Crippen molar-refractivity contribution in [3.63, 3.8) is 0 Å². The SMILES string of the molecule is Fc1ccc(COc2cccc(N3C=CN(C4CCC4)C3)c2)cc1. The van der Waals surface area contributed by atoms with Gasteiger partial charge < -0.3 is 14.5 Å². The average molecular weight is 324 g/mol. The third-order valence-electron chi connectivity index (χ3n) is 4.77. The summed E-state index contributed by atoms with van der Waals surface area (Å²) in [6.45, 7) is 1.35. The van der Waals surface area contributed by atoms with E-state index in [0.29, 0.717) is 12.6 Å². The van der Waals surface area contributed by atoms with Gasteiger partial charge in [0.1, 0.15) is 18.2 Å². The Bertz CT molecular complexity index is 725. The number of benzene rings is 2. The Kier molecular flexibility index (Phi) is 4.11.